The smallest absolute Gasteiger partial charge is 0.319 e. The number of hydrogen-bond donors (Lipinski definition) is 2. The summed E-state index contributed by atoms with van der Waals surface area (Å²) in [6.07, 6.45) is -1.41. The quantitative estimate of drug-likeness (QED) is 0.897. The molecule has 120 valence electrons. The van der Waals surface area contributed by atoms with Crippen LogP contribution in [0.2, 0.25) is 0 Å². The molecule has 0 bridgehead atoms. The molecule has 1 aliphatic heterocycles. The van der Waals surface area contributed by atoms with Crippen LogP contribution in [0.4, 0.5) is 19.3 Å². The van der Waals surface area contributed by atoms with E-state index in [1.165, 1.54) is 18.2 Å². The van der Waals surface area contributed by atoms with E-state index in [1.54, 1.807) is 6.07 Å². The molecule has 2 amide bonds. The highest BCUT2D eigenvalue weighted by Crippen LogP contribution is 2.52. The van der Waals surface area contributed by atoms with Crippen molar-refractivity contribution in [2.45, 2.75) is 38.8 Å². The zero-order valence-corrected chi connectivity index (χ0v) is 12.6. The van der Waals surface area contributed by atoms with Gasteiger partial charge >= 0.3 is 6.03 Å². The van der Waals surface area contributed by atoms with Crippen molar-refractivity contribution in [3.8, 4) is 0 Å². The van der Waals surface area contributed by atoms with Gasteiger partial charge in [0.1, 0.15) is 0 Å². The molecule has 22 heavy (non-hydrogen) atoms. The maximum atomic E-state index is 12.7. The van der Waals surface area contributed by atoms with Crippen molar-refractivity contribution in [2.24, 2.45) is 11.3 Å². The number of carbonyl (C=O) groups is 1. The lowest BCUT2D eigenvalue weighted by Crippen LogP contribution is -2.67. The van der Waals surface area contributed by atoms with Gasteiger partial charge in [0.25, 0.3) is 6.43 Å². The highest BCUT2D eigenvalue weighted by atomic mass is 19.3. The molecule has 1 heterocycles. The van der Waals surface area contributed by atoms with E-state index in [-0.39, 0.29) is 29.2 Å². The number of nitrogens with one attached hydrogen (secondary N) is 2. The van der Waals surface area contributed by atoms with E-state index in [0.29, 0.717) is 11.6 Å². The van der Waals surface area contributed by atoms with Crippen LogP contribution in [0.15, 0.2) is 24.3 Å². The number of carbonyl (C=O) groups excluding carboxylic acids is 1. The molecule has 2 fully saturated rings. The first-order chi connectivity index (χ1) is 10.4. The first-order valence-corrected chi connectivity index (χ1v) is 7.47. The summed E-state index contributed by atoms with van der Waals surface area (Å²) in [4.78, 5) is 12.1. The SMILES string of the molecule is CC1(C)[C@H](NC(=O)Nc2cccc(C(F)F)c2)[C@H]2CCO[C@@H]21. The Bertz CT molecular complexity index is 577. The molecule has 4 nitrogen and oxygen atoms in total. The van der Waals surface area contributed by atoms with Crippen LogP contribution in [0.3, 0.4) is 0 Å². The van der Waals surface area contributed by atoms with Gasteiger partial charge in [0.05, 0.1) is 6.10 Å². The molecule has 6 heteroatoms. The van der Waals surface area contributed by atoms with Crippen LogP contribution >= 0.6 is 0 Å². The summed E-state index contributed by atoms with van der Waals surface area (Å²) < 4.78 is 31.0. The van der Waals surface area contributed by atoms with Crippen molar-refractivity contribution in [1.82, 2.24) is 5.32 Å². The lowest BCUT2D eigenvalue weighted by atomic mass is 9.57. The van der Waals surface area contributed by atoms with E-state index in [9.17, 15) is 13.6 Å². The first kappa shape index (κ1) is 15.2. The van der Waals surface area contributed by atoms with Gasteiger partial charge in [-0.05, 0) is 18.6 Å². The summed E-state index contributed by atoms with van der Waals surface area (Å²) in [5.74, 6) is 0.341. The zero-order chi connectivity index (χ0) is 15.9. The van der Waals surface area contributed by atoms with E-state index in [1.807, 2.05) is 0 Å². The van der Waals surface area contributed by atoms with Crippen LogP contribution in [0.5, 0.6) is 0 Å². The average Bonchev–Trinajstić information content (AvgIpc) is 2.92. The fourth-order valence-corrected chi connectivity index (χ4v) is 3.68. The maximum absolute atomic E-state index is 12.7. The third-order valence-electron chi connectivity index (χ3n) is 4.78. The normalized spacial score (nSPS) is 28.9. The fraction of sp³-hybridized carbons (Fsp3) is 0.562. The molecule has 2 N–H and O–H groups in total. The lowest BCUT2D eigenvalue weighted by Gasteiger charge is -2.54. The van der Waals surface area contributed by atoms with Crippen LogP contribution in [0.1, 0.15) is 32.3 Å². The first-order valence-electron chi connectivity index (χ1n) is 7.47. The monoisotopic (exact) mass is 310 g/mol. The van der Waals surface area contributed by atoms with Gasteiger partial charge in [0.2, 0.25) is 0 Å². The van der Waals surface area contributed by atoms with Crippen LogP contribution in [-0.2, 0) is 4.74 Å². The molecule has 0 spiro atoms. The third-order valence-corrected chi connectivity index (χ3v) is 4.78. The molecule has 0 aromatic heterocycles. The number of rotatable bonds is 3. The van der Waals surface area contributed by atoms with E-state index in [4.69, 9.17) is 4.74 Å². The Morgan fingerprint density at radius 3 is 2.91 bits per heavy atom. The Labute approximate surface area is 128 Å². The Balaban J connectivity index is 1.62. The minimum atomic E-state index is -2.55. The van der Waals surface area contributed by atoms with Crippen molar-refractivity contribution in [2.75, 3.05) is 11.9 Å². The largest absolute Gasteiger partial charge is 0.377 e. The van der Waals surface area contributed by atoms with Crippen molar-refractivity contribution >= 4 is 11.7 Å². The zero-order valence-electron chi connectivity index (χ0n) is 12.6. The predicted molar refractivity (Wildman–Crippen MR) is 79.0 cm³/mol. The van der Waals surface area contributed by atoms with E-state index >= 15 is 0 Å². The van der Waals surface area contributed by atoms with Gasteiger partial charge in [-0.15, -0.1) is 0 Å². The maximum Gasteiger partial charge on any atom is 0.319 e. The van der Waals surface area contributed by atoms with Crippen molar-refractivity contribution in [1.29, 1.82) is 0 Å². The second kappa shape index (κ2) is 5.50. The van der Waals surface area contributed by atoms with Crippen LogP contribution in [0.25, 0.3) is 0 Å². The molecule has 1 saturated carbocycles. The van der Waals surface area contributed by atoms with Crippen LogP contribution in [-0.4, -0.2) is 24.8 Å². The van der Waals surface area contributed by atoms with E-state index < -0.39 is 6.43 Å². The van der Waals surface area contributed by atoms with Gasteiger partial charge in [-0.25, -0.2) is 13.6 Å². The Morgan fingerprint density at radius 2 is 2.18 bits per heavy atom. The fourth-order valence-electron chi connectivity index (χ4n) is 3.68. The number of amides is 2. The van der Waals surface area contributed by atoms with E-state index in [0.717, 1.165) is 13.0 Å². The standard InChI is InChI=1S/C16H20F2N2O2/c1-16(2)12(11-6-7-22-13(11)16)20-15(21)19-10-5-3-4-9(8-10)14(17)18/h3-5,8,11-14H,6-7H2,1-2H3,(H2,19,20,21)/t11-,12-,13+/m1/s1. The number of urea groups is 1. The summed E-state index contributed by atoms with van der Waals surface area (Å²) in [6.45, 7) is 4.87. The summed E-state index contributed by atoms with van der Waals surface area (Å²) in [7, 11) is 0. The number of fused-ring (bicyclic) bond motifs is 1. The molecule has 0 radical (unpaired) electrons. The minimum Gasteiger partial charge on any atom is -0.377 e. The highest BCUT2D eigenvalue weighted by molar-refractivity contribution is 5.89. The number of hydrogen-bond acceptors (Lipinski definition) is 2. The number of benzene rings is 1. The van der Waals surface area contributed by atoms with Gasteiger partial charge < -0.3 is 15.4 Å². The summed E-state index contributed by atoms with van der Waals surface area (Å²) >= 11 is 0. The Morgan fingerprint density at radius 1 is 1.41 bits per heavy atom. The average molecular weight is 310 g/mol. The number of halogens is 2. The van der Waals surface area contributed by atoms with Crippen LogP contribution < -0.4 is 10.6 Å². The second-order valence-electron chi connectivity index (χ2n) is 6.57. The van der Waals surface area contributed by atoms with Gasteiger partial charge in [-0.1, -0.05) is 26.0 Å². The molecule has 2 aliphatic rings. The Kier molecular flexibility index (Phi) is 3.80. The summed E-state index contributed by atoms with van der Waals surface area (Å²) in [5.41, 5.74) is 0.154. The number of anilines is 1. The van der Waals surface area contributed by atoms with Gasteiger partial charge in [0.15, 0.2) is 0 Å². The number of ether oxygens (including phenoxy) is 1. The van der Waals surface area contributed by atoms with Gasteiger partial charge in [-0.2, -0.15) is 0 Å². The molecule has 0 unspecified atom stereocenters. The van der Waals surface area contributed by atoms with Gasteiger partial charge in [-0.3, -0.25) is 0 Å². The number of alkyl halides is 2. The van der Waals surface area contributed by atoms with Crippen LogP contribution in [0, 0.1) is 11.3 Å². The molecule has 3 rings (SSSR count). The molecule has 1 saturated heterocycles. The molecule has 1 aromatic rings. The van der Waals surface area contributed by atoms with Crippen molar-refractivity contribution in [3.05, 3.63) is 29.8 Å². The Hall–Kier alpha value is -1.69. The van der Waals surface area contributed by atoms with Crippen molar-refractivity contribution in [3.63, 3.8) is 0 Å². The van der Waals surface area contributed by atoms with Gasteiger partial charge in [0, 0.05) is 35.2 Å². The topological polar surface area (TPSA) is 50.4 Å². The highest BCUT2D eigenvalue weighted by Gasteiger charge is 2.59. The van der Waals surface area contributed by atoms with Crippen molar-refractivity contribution < 1.29 is 18.3 Å². The third kappa shape index (κ3) is 2.56. The lowest BCUT2D eigenvalue weighted by molar-refractivity contribution is -0.107. The molecular formula is C16H20F2N2O2. The molecule has 1 aromatic carbocycles. The van der Waals surface area contributed by atoms with E-state index in [2.05, 4.69) is 24.5 Å². The molecular weight excluding hydrogens is 290 g/mol. The summed E-state index contributed by atoms with van der Waals surface area (Å²) in [6, 6.07) is 5.40. The second-order valence-corrected chi connectivity index (χ2v) is 6.57. The minimum absolute atomic E-state index is 0.0401. The summed E-state index contributed by atoms with van der Waals surface area (Å²) in [5, 5.41) is 5.59. The molecule has 1 aliphatic carbocycles. The molecule has 3 atom stereocenters. The predicted octanol–water partition coefficient (Wildman–Crippen LogP) is 3.56.